The molecule has 6 heteroatoms. The van der Waals surface area contributed by atoms with E-state index in [2.05, 4.69) is 34.5 Å². The van der Waals surface area contributed by atoms with Crippen molar-refractivity contribution in [3.8, 4) is 0 Å². The Balaban J connectivity index is 2.15. The van der Waals surface area contributed by atoms with Gasteiger partial charge in [0.15, 0.2) is 0 Å². The Morgan fingerprint density at radius 2 is 1.57 bits per heavy atom. The second-order valence-electron chi connectivity index (χ2n) is 5.22. The number of hydrogen-bond acceptors (Lipinski definition) is 3. The fraction of sp³-hybridized carbons (Fsp3) is 0.333. The van der Waals surface area contributed by atoms with Gasteiger partial charge in [-0.05, 0) is 52.0 Å². The number of nitrogens with one attached hydrogen (secondary N) is 1. The number of hydrogen-bond donors (Lipinski definition) is 1. The number of rotatable bonds is 5. The topological polar surface area (TPSA) is 46.2 Å². The summed E-state index contributed by atoms with van der Waals surface area (Å²) in [7, 11) is -3.47. The lowest BCUT2D eigenvalue weighted by molar-refractivity contribution is 0.569. The van der Waals surface area contributed by atoms with Gasteiger partial charge in [-0.3, -0.25) is 0 Å². The molecule has 1 atom stereocenters. The Morgan fingerprint density at radius 3 is 2.05 bits per heavy atom. The van der Waals surface area contributed by atoms with E-state index in [0.717, 1.165) is 9.35 Å². The van der Waals surface area contributed by atoms with Gasteiger partial charge in [-0.25, -0.2) is 13.1 Å². The second kappa shape index (κ2) is 6.60. The van der Waals surface area contributed by atoms with Crippen LogP contribution < -0.4 is 4.72 Å². The Bertz CT molecular complexity index is 706. The predicted molar refractivity (Wildman–Crippen MR) is 91.3 cm³/mol. The Kier molecular flexibility index (Phi) is 5.24. The first-order chi connectivity index (χ1) is 9.79. The van der Waals surface area contributed by atoms with Crippen molar-refractivity contribution in [3.05, 3.63) is 51.3 Å². The van der Waals surface area contributed by atoms with Gasteiger partial charge in [-0.1, -0.05) is 38.1 Å². The third-order valence-corrected chi connectivity index (χ3v) is 6.90. The van der Waals surface area contributed by atoms with Crippen LogP contribution in [-0.4, -0.2) is 8.42 Å². The molecule has 0 fully saturated rings. The summed E-state index contributed by atoms with van der Waals surface area (Å²) in [5.74, 6) is 0.467. The summed E-state index contributed by atoms with van der Waals surface area (Å²) in [6.45, 7) is 6.12. The van der Waals surface area contributed by atoms with E-state index in [-0.39, 0.29) is 6.04 Å². The molecule has 3 nitrogen and oxygen atoms in total. The van der Waals surface area contributed by atoms with E-state index in [1.54, 1.807) is 12.1 Å². The fourth-order valence-electron chi connectivity index (χ4n) is 1.97. The summed E-state index contributed by atoms with van der Waals surface area (Å²) in [4.78, 5) is 0. The summed E-state index contributed by atoms with van der Waals surface area (Å²) in [6.07, 6.45) is 0. The van der Waals surface area contributed by atoms with Crippen LogP contribution in [0.3, 0.4) is 0 Å². The third-order valence-electron chi connectivity index (χ3n) is 3.25. The third kappa shape index (κ3) is 4.16. The van der Waals surface area contributed by atoms with Crippen molar-refractivity contribution in [3.63, 3.8) is 0 Å². The van der Waals surface area contributed by atoms with Gasteiger partial charge in [0.25, 0.3) is 10.0 Å². The van der Waals surface area contributed by atoms with Gasteiger partial charge < -0.3 is 0 Å². The first-order valence-corrected chi connectivity index (χ1v) is 9.76. The minimum atomic E-state index is -3.47. The molecule has 1 aromatic carbocycles. The lowest BCUT2D eigenvalue weighted by atomic mass is 10.00. The molecule has 0 aliphatic rings. The number of halogens is 1. The van der Waals surface area contributed by atoms with Crippen LogP contribution in [0, 0.1) is 0 Å². The molecule has 2 rings (SSSR count). The zero-order valence-corrected chi connectivity index (χ0v) is 15.3. The van der Waals surface area contributed by atoms with Gasteiger partial charge in [-0.2, -0.15) is 0 Å². The highest BCUT2D eigenvalue weighted by Crippen LogP contribution is 2.27. The summed E-state index contributed by atoms with van der Waals surface area (Å²) < 4.78 is 28.4. The maximum Gasteiger partial charge on any atom is 0.250 e. The van der Waals surface area contributed by atoms with Crippen LogP contribution in [0.4, 0.5) is 0 Å². The molecule has 0 aliphatic carbocycles. The van der Waals surface area contributed by atoms with Gasteiger partial charge in [0, 0.05) is 6.04 Å². The molecule has 1 N–H and O–H groups in total. The highest BCUT2D eigenvalue weighted by atomic mass is 79.9. The first-order valence-electron chi connectivity index (χ1n) is 6.67. The van der Waals surface area contributed by atoms with Crippen molar-refractivity contribution >= 4 is 37.3 Å². The monoisotopic (exact) mass is 387 g/mol. The first kappa shape index (κ1) is 16.7. The van der Waals surface area contributed by atoms with Crippen LogP contribution in [-0.2, 0) is 10.0 Å². The number of benzene rings is 1. The smallest absolute Gasteiger partial charge is 0.206 e. The van der Waals surface area contributed by atoms with E-state index < -0.39 is 10.0 Å². The van der Waals surface area contributed by atoms with E-state index in [4.69, 9.17) is 0 Å². The van der Waals surface area contributed by atoms with Crippen molar-refractivity contribution in [1.82, 2.24) is 4.72 Å². The molecule has 2 aromatic rings. The molecular weight excluding hydrogens is 370 g/mol. The van der Waals surface area contributed by atoms with Crippen LogP contribution in [0.2, 0.25) is 0 Å². The number of thiophene rings is 1. The molecule has 21 heavy (non-hydrogen) atoms. The highest BCUT2D eigenvalue weighted by Gasteiger charge is 2.20. The van der Waals surface area contributed by atoms with E-state index in [1.165, 1.54) is 16.9 Å². The maximum absolute atomic E-state index is 12.3. The Morgan fingerprint density at radius 1 is 1.00 bits per heavy atom. The lowest BCUT2D eigenvalue weighted by Gasteiger charge is -2.15. The molecule has 0 bridgehead atoms. The molecule has 0 saturated carbocycles. The normalized spacial score (nSPS) is 13.6. The SMILES string of the molecule is CC(C)c1ccc(C(C)NS(=O)(=O)c2ccc(Br)s2)cc1. The predicted octanol–water partition coefficient (Wildman–Crippen LogP) is 4.67. The van der Waals surface area contributed by atoms with Crippen molar-refractivity contribution < 1.29 is 8.42 Å². The Hall–Kier alpha value is -0.690. The van der Waals surface area contributed by atoms with Crippen LogP contribution in [0.5, 0.6) is 0 Å². The van der Waals surface area contributed by atoms with Crippen molar-refractivity contribution in [2.45, 2.75) is 36.9 Å². The lowest BCUT2D eigenvalue weighted by Crippen LogP contribution is -2.26. The van der Waals surface area contributed by atoms with E-state index in [0.29, 0.717) is 10.1 Å². The zero-order valence-electron chi connectivity index (χ0n) is 12.1. The van der Waals surface area contributed by atoms with Crippen LogP contribution in [0.15, 0.2) is 44.4 Å². The fourth-order valence-corrected chi connectivity index (χ4v) is 5.23. The molecule has 0 saturated heterocycles. The highest BCUT2D eigenvalue weighted by molar-refractivity contribution is 9.11. The molecule has 0 radical (unpaired) electrons. The van der Waals surface area contributed by atoms with Crippen LogP contribution >= 0.6 is 27.3 Å². The van der Waals surface area contributed by atoms with E-state index in [1.807, 2.05) is 31.2 Å². The maximum atomic E-state index is 12.3. The zero-order chi connectivity index (χ0) is 15.6. The largest absolute Gasteiger partial charge is 0.250 e. The van der Waals surface area contributed by atoms with Gasteiger partial charge in [0.2, 0.25) is 0 Å². The molecule has 1 aromatic heterocycles. The molecule has 1 unspecified atom stereocenters. The minimum Gasteiger partial charge on any atom is -0.206 e. The molecule has 114 valence electrons. The van der Waals surface area contributed by atoms with Crippen molar-refractivity contribution in [1.29, 1.82) is 0 Å². The standard InChI is InChI=1S/C15H18BrNO2S2/c1-10(2)12-4-6-13(7-5-12)11(3)17-21(18,19)15-9-8-14(16)20-15/h4-11,17H,1-3H3. The molecule has 0 spiro atoms. The van der Waals surface area contributed by atoms with Crippen LogP contribution in [0.1, 0.15) is 43.9 Å². The van der Waals surface area contributed by atoms with E-state index in [9.17, 15) is 8.42 Å². The average Bonchev–Trinajstić information content (AvgIpc) is 2.86. The van der Waals surface area contributed by atoms with Crippen LogP contribution in [0.25, 0.3) is 0 Å². The average molecular weight is 388 g/mol. The number of sulfonamides is 1. The van der Waals surface area contributed by atoms with Gasteiger partial charge in [-0.15, -0.1) is 11.3 Å². The van der Waals surface area contributed by atoms with Crippen molar-refractivity contribution in [2.75, 3.05) is 0 Å². The summed E-state index contributed by atoms with van der Waals surface area (Å²) >= 11 is 4.49. The quantitative estimate of drug-likeness (QED) is 0.809. The van der Waals surface area contributed by atoms with E-state index >= 15 is 0 Å². The van der Waals surface area contributed by atoms with Gasteiger partial charge >= 0.3 is 0 Å². The Labute approximate surface area is 138 Å². The minimum absolute atomic E-state index is 0.267. The molecule has 0 amide bonds. The molecule has 0 aliphatic heterocycles. The molecular formula is C15H18BrNO2S2. The summed E-state index contributed by atoms with van der Waals surface area (Å²) in [6, 6.07) is 11.1. The second-order valence-corrected chi connectivity index (χ2v) is 9.63. The van der Waals surface area contributed by atoms with Crippen molar-refractivity contribution in [2.24, 2.45) is 0 Å². The van der Waals surface area contributed by atoms with Gasteiger partial charge in [0.05, 0.1) is 3.79 Å². The van der Waals surface area contributed by atoms with Gasteiger partial charge in [0.1, 0.15) is 4.21 Å². The molecule has 1 heterocycles. The summed E-state index contributed by atoms with van der Waals surface area (Å²) in [5, 5.41) is 0. The summed E-state index contributed by atoms with van der Waals surface area (Å²) in [5.41, 5.74) is 2.20.